The number of Topliss-reactive ketones (excluding diaryl/α,β-unsaturated/α-hetero) is 1. The summed E-state index contributed by atoms with van der Waals surface area (Å²) < 4.78 is 16.0. The summed E-state index contributed by atoms with van der Waals surface area (Å²) in [6, 6.07) is 0. The second-order valence-corrected chi connectivity index (χ2v) is 8.27. The van der Waals surface area contributed by atoms with E-state index in [1.165, 1.54) is 0 Å². The molecule has 0 spiro atoms. The third kappa shape index (κ3) is 35.5. The van der Waals surface area contributed by atoms with E-state index in [9.17, 15) is 4.79 Å². The van der Waals surface area contributed by atoms with Crippen LogP contribution in [0.15, 0.2) is 0 Å². The minimum Gasteiger partial charge on any atom is -0.376 e. The summed E-state index contributed by atoms with van der Waals surface area (Å²) in [6.07, 6.45) is 2.18. The van der Waals surface area contributed by atoms with E-state index in [-0.39, 0.29) is 17.5 Å². The van der Waals surface area contributed by atoms with Gasteiger partial charge in [-0.3, -0.25) is 4.79 Å². The molecule has 0 aliphatic rings. The minimum atomic E-state index is -0.306. The van der Waals surface area contributed by atoms with Gasteiger partial charge in [0.2, 0.25) is 0 Å². The Morgan fingerprint density at radius 2 is 0.960 bits per heavy atom. The normalized spacial score (nSPS) is 11.6. The van der Waals surface area contributed by atoms with Crippen molar-refractivity contribution < 1.29 is 19.0 Å². The molecular weight excluding hydrogens is 316 g/mol. The summed E-state index contributed by atoms with van der Waals surface area (Å²) in [4.78, 5) is 10.8. The highest BCUT2D eigenvalue weighted by atomic mass is 16.5. The van der Waals surface area contributed by atoms with Crippen molar-refractivity contribution in [3.05, 3.63) is 0 Å². The van der Waals surface area contributed by atoms with Crippen molar-refractivity contribution in [2.45, 2.75) is 133 Å². The maximum absolute atomic E-state index is 10.8. The van der Waals surface area contributed by atoms with Gasteiger partial charge in [0.25, 0.3) is 0 Å². The highest BCUT2D eigenvalue weighted by Gasteiger charge is 2.21. The highest BCUT2D eigenvalue weighted by Crippen LogP contribution is 2.16. The summed E-state index contributed by atoms with van der Waals surface area (Å²) >= 11 is 0. The van der Waals surface area contributed by atoms with E-state index in [4.69, 9.17) is 14.2 Å². The molecule has 154 valence electrons. The van der Waals surface area contributed by atoms with Crippen molar-refractivity contribution in [1.82, 2.24) is 0 Å². The SMILES string of the molecule is CC(=O)CC(C)(C)OC(C)C.CC(C)OC(C)C.CC(C)OC(C)C. The van der Waals surface area contributed by atoms with E-state index in [2.05, 4.69) is 0 Å². The molecular formula is C21H46O4. The average Bonchev–Trinajstić information content (AvgIpc) is 2.21. The van der Waals surface area contributed by atoms with E-state index in [1.807, 2.05) is 83.1 Å². The van der Waals surface area contributed by atoms with Crippen molar-refractivity contribution in [1.29, 1.82) is 0 Å². The summed E-state index contributed by atoms with van der Waals surface area (Å²) in [6.45, 7) is 25.7. The summed E-state index contributed by atoms with van der Waals surface area (Å²) in [5.41, 5.74) is -0.306. The largest absolute Gasteiger partial charge is 0.376 e. The fourth-order valence-electron chi connectivity index (χ4n) is 2.37. The number of ketones is 1. The number of hydrogen-bond donors (Lipinski definition) is 0. The van der Waals surface area contributed by atoms with Gasteiger partial charge in [0.1, 0.15) is 5.78 Å². The summed E-state index contributed by atoms with van der Waals surface area (Å²) in [7, 11) is 0. The lowest BCUT2D eigenvalue weighted by molar-refractivity contribution is -0.125. The Hall–Kier alpha value is -0.450. The van der Waals surface area contributed by atoms with Crippen LogP contribution < -0.4 is 0 Å². The number of ether oxygens (including phenoxy) is 3. The lowest BCUT2D eigenvalue weighted by atomic mass is 10.0. The molecule has 0 aliphatic carbocycles. The molecule has 0 atom stereocenters. The molecule has 0 aromatic carbocycles. The molecule has 0 unspecified atom stereocenters. The third-order valence-electron chi connectivity index (χ3n) is 2.32. The van der Waals surface area contributed by atoms with Crippen LogP contribution in [-0.2, 0) is 19.0 Å². The van der Waals surface area contributed by atoms with Gasteiger partial charge in [0.05, 0.1) is 36.1 Å². The number of carbonyl (C=O) groups is 1. The first kappa shape index (κ1) is 29.3. The minimum absolute atomic E-state index is 0.177. The molecule has 0 bridgehead atoms. The molecule has 0 aromatic rings. The van der Waals surface area contributed by atoms with Crippen molar-refractivity contribution in [2.75, 3.05) is 0 Å². The first-order chi connectivity index (χ1) is 11.1. The number of carbonyl (C=O) groups excluding carboxylic acids is 1. The number of rotatable bonds is 8. The van der Waals surface area contributed by atoms with Crippen LogP contribution in [0.3, 0.4) is 0 Å². The molecule has 0 radical (unpaired) electrons. The van der Waals surface area contributed by atoms with E-state index >= 15 is 0 Å². The van der Waals surface area contributed by atoms with Crippen LogP contribution in [0.25, 0.3) is 0 Å². The van der Waals surface area contributed by atoms with Crippen molar-refractivity contribution in [3.63, 3.8) is 0 Å². The first-order valence-corrected chi connectivity index (χ1v) is 9.57. The summed E-state index contributed by atoms with van der Waals surface area (Å²) in [5, 5.41) is 0. The van der Waals surface area contributed by atoms with Crippen LogP contribution in [0.5, 0.6) is 0 Å². The molecule has 0 saturated carbocycles. The molecule has 0 aliphatic heterocycles. The molecule has 0 amide bonds. The van der Waals surface area contributed by atoms with Gasteiger partial charge in [-0.15, -0.1) is 0 Å². The Bertz CT molecular complexity index is 279. The number of hydrogen-bond acceptors (Lipinski definition) is 4. The van der Waals surface area contributed by atoms with Gasteiger partial charge in [0, 0.05) is 6.42 Å². The predicted molar refractivity (Wildman–Crippen MR) is 108 cm³/mol. The zero-order valence-electron chi connectivity index (χ0n) is 19.2. The van der Waals surface area contributed by atoms with Crippen LogP contribution in [-0.4, -0.2) is 41.9 Å². The zero-order valence-corrected chi connectivity index (χ0v) is 19.2. The van der Waals surface area contributed by atoms with Crippen LogP contribution in [0, 0.1) is 0 Å². The van der Waals surface area contributed by atoms with Crippen molar-refractivity contribution >= 4 is 5.78 Å². The maximum atomic E-state index is 10.8. The van der Waals surface area contributed by atoms with Gasteiger partial charge < -0.3 is 14.2 Å². The first-order valence-electron chi connectivity index (χ1n) is 9.57. The van der Waals surface area contributed by atoms with Gasteiger partial charge in [0.15, 0.2) is 0 Å². The standard InChI is InChI=1S/C9H18O2.2C6H14O/c1-7(2)11-9(4,5)6-8(3)10;2*1-5(2)7-6(3)4/h7H,6H2,1-5H3;2*5-6H,1-4H3. The van der Waals surface area contributed by atoms with Gasteiger partial charge in [-0.05, 0) is 90.0 Å². The Labute approximate surface area is 158 Å². The molecule has 0 saturated heterocycles. The molecule has 4 heteroatoms. The zero-order chi connectivity index (χ0) is 20.8. The Morgan fingerprint density at radius 3 is 1.08 bits per heavy atom. The lowest BCUT2D eigenvalue weighted by Gasteiger charge is -2.26. The lowest BCUT2D eigenvalue weighted by Crippen LogP contribution is -2.30. The molecule has 0 heterocycles. The van der Waals surface area contributed by atoms with Gasteiger partial charge >= 0.3 is 0 Å². The van der Waals surface area contributed by atoms with Crippen LogP contribution in [0.1, 0.15) is 96.4 Å². The van der Waals surface area contributed by atoms with Crippen LogP contribution >= 0.6 is 0 Å². The molecule has 0 rings (SSSR count). The fourth-order valence-corrected chi connectivity index (χ4v) is 2.37. The van der Waals surface area contributed by atoms with Crippen LogP contribution in [0.4, 0.5) is 0 Å². The molecule has 0 N–H and O–H groups in total. The predicted octanol–water partition coefficient (Wildman–Crippen LogP) is 5.81. The van der Waals surface area contributed by atoms with Crippen molar-refractivity contribution in [3.8, 4) is 0 Å². The molecule has 4 nitrogen and oxygen atoms in total. The van der Waals surface area contributed by atoms with Crippen LogP contribution in [0.2, 0.25) is 0 Å². The van der Waals surface area contributed by atoms with E-state index in [1.54, 1.807) is 6.92 Å². The monoisotopic (exact) mass is 362 g/mol. The van der Waals surface area contributed by atoms with E-state index < -0.39 is 0 Å². The van der Waals surface area contributed by atoms with Gasteiger partial charge in [-0.25, -0.2) is 0 Å². The topological polar surface area (TPSA) is 44.8 Å². The average molecular weight is 363 g/mol. The van der Waals surface area contributed by atoms with E-state index in [0.717, 1.165) is 0 Å². The Morgan fingerprint density at radius 1 is 0.680 bits per heavy atom. The molecule has 25 heavy (non-hydrogen) atoms. The third-order valence-corrected chi connectivity index (χ3v) is 2.32. The van der Waals surface area contributed by atoms with Gasteiger partial charge in [-0.2, -0.15) is 0 Å². The Balaban J connectivity index is -0.000000304. The second kappa shape index (κ2) is 15.8. The quantitative estimate of drug-likeness (QED) is 0.546. The molecule has 0 aromatic heterocycles. The second-order valence-electron chi connectivity index (χ2n) is 8.27. The maximum Gasteiger partial charge on any atom is 0.132 e. The van der Waals surface area contributed by atoms with Crippen molar-refractivity contribution in [2.24, 2.45) is 0 Å². The highest BCUT2D eigenvalue weighted by molar-refractivity contribution is 5.76. The molecule has 0 fully saturated rings. The van der Waals surface area contributed by atoms with Gasteiger partial charge in [-0.1, -0.05) is 0 Å². The van der Waals surface area contributed by atoms with E-state index in [0.29, 0.717) is 30.8 Å². The fraction of sp³-hybridized carbons (Fsp3) is 0.952. The summed E-state index contributed by atoms with van der Waals surface area (Å²) in [5.74, 6) is 0.177. The smallest absolute Gasteiger partial charge is 0.132 e. The Kier molecular flexibility index (Phi) is 18.5.